The molecule has 3 heteroatoms. The predicted octanol–water partition coefficient (Wildman–Crippen LogP) is 2.26. The van der Waals surface area contributed by atoms with Crippen LogP contribution in [0.5, 0.6) is 0 Å². The Morgan fingerprint density at radius 3 is 2.50 bits per heavy atom. The van der Waals surface area contributed by atoms with E-state index >= 15 is 0 Å². The summed E-state index contributed by atoms with van der Waals surface area (Å²) >= 11 is 0. The Morgan fingerprint density at radius 1 is 1.29 bits per heavy atom. The van der Waals surface area contributed by atoms with Crippen molar-refractivity contribution in [1.82, 2.24) is 4.90 Å². The molecule has 0 radical (unpaired) electrons. The molecule has 0 aromatic rings. The zero-order valence-corrected chi connectivity index (χ0v) is 8.87. The van der Waals surface area contributed by atoms with Gasteiger partial charge in [-0.25, -0.2) is 4.79 Å². The van der Waals surface area contributed by atoms with E-state index in [-0.39, 0.29) is 6.09 Å². The molecule has 2 fully saturated rings. The van der Waals surface area contributed by atoms with Gasteiger partial charge in [0.25, 0.3) is 0 Å². The number of hydrogen-bond acceptors (Lipinski definition) is 2. The van der Waals surface area contributed by atoms with Gasteiger partial charge in [0.05, 0.1) is 6.61 Å². The first-order valence-electron chi connectivity index (χ1n) is 5.67. The molecule has 1 aliphatic heterocycles. The summed E-state index contributed by atoms with van der Waals surface area (Å²) in [6.07, 6.45) is 4.63. The molecule has 80 valence electrons. The number of rotatable bonds is 2. The zero-order valence-electron chi connectivity index (χ0n) is 8.87. The molecule has 1 aliphatic carbocycles. The van der Waals surface area contributed by atoms with Gasteiger partial charge in [0.2, 0.25) is 0 Å². The van der Waals surface area contributed by atoms with Gasteiger partial charge in [0.15, 0.2) is 0 Å². The Balaban J connectivity index is 1.68. The van der Waals surface area contributed by atoms with Gasteiger partial charge >= 0.3 is 6.09 Å². The minimum Gasteiger partial charge on any atom is -0.449 e. The molecular formula is C11H19NO2. The van der Waals surface area contributed by atoms with Crippen molar-refractivity contribution in [2.75, 3.05) is 19.7 Å². The minimum absolute atomic E-state index is 0.0937. The number of likely N-dealkylation sites (tertiary alicyclic amines) is 1. The second-order valence-electron chi connectivity index (χ2n) is 4.69. The largest absolute Gasteiger partial charge is 0.449 e. The van der Waals surface area contributed by atoms with E-state index in [1.165, 1.54) is 12.8 Å². The van der Waals surface area contributed by atoms with E-state index in [1.807, 2.05) is 4.90 Å². The van der Waals surface area contributed by atoms with E-state index in [0.29, 0.717) is 12.5 Å². The van der Waals surface area contributed by atoms with Crippen LogP contribution >= 0.6 is 0 Å². The number of piperidine rings is 1. The first kappa shape index (κ1) is 9.81. The first-order chi connectivity index (χ1) is 6.75. The molecule has 0 aromatic carbocycles. The fourth-order valence-corrected chi connectivity index (χ4v) is 1.76. The molecule has 0 N–H and O–H groups in total. The topological polar surface area (TPSA) is 29.5 Å². The van der Waals surface area contributed by atoms with Crippen molar-refractivity contribution in [3.8, 4) is 0 Å². The van der Waals surface area contributed by atoms with Gasteiger partial charge in [-0.1, -0.05) is 6.92 Å². The average Bonchev–Trinajstić information content (AvgIpc) is 2.99. The van der Waals surface area contributed by atoms with Crippen LogP contribution in [0, 0.1) is 11.8 Å². The van der Waals surface area contributed by atoms with Crippen molar-refractivity contribution in [3.63, 3.8) is 0 Å². The summed E-state index contributed by atoms with van der Waals surface area (Å²) in [4.78, 5) is 13.4. The van der Waals surface area contributed by atoms with Crippen LogP contribution in [0.15, 0.2) is 0 Å². The Kier molecular flexibility index (Phi) is 2.94. The van der Waals surface area contributed by atoms with Crippen molar-refractivity contribution >= 4 is 6.09 Å². The highest BCUT2D eigenvalue weighted by Gasteiger charge is 2.26. The SMILES string of the molecule is CC1CCN(C(=O)OCC2CC2)CC1. The molecule has 0 spiro atoms. The summed E-state index contributed by atoms with van der Waals surface area (Å²) in [5, 5.41) is 0. The smallest absolute Gasteiger partial charge is 0.409 e. The maximum absolute atomic E-state index is 11.5. The number of amides is 1. The van der Waals surface area contributed by atoms with E-state index in [9.17, 15) is 4.79 Å². The number of hydrogen-bond donors (Lipinski definition) is 0. The van der Waals surface area contributed by atoms with Gasteiger partial charge in [0.1, 0.15) is 0 Å². The van der Waals surface area contributed by atoms with Crippen LogP contribution in [-0.4, -0.2) is 30.7 Å². The van der Waals surface area contributed by atoms with E-state index < -0.39 is 0 Å². The maximum Gasteiger partial charge on any atom is 0.409 e. The third-order valence-corrected chi connectivity index (χ3v) is 3.18. The Morgan fingerprint density at radius 2 is 1.93 bits per heavy atom. The van der Waals surface area contributed by atoms with Gasteiger partial charge in [-0.2, -0.15) is 0 Å². The molecule has 2 rings (SSSR count). The van der Waals surface area contributed by atoms with Crippen molar-refractivity contribution in [1.29, 1.82) is 0 Å². The molecule has 0 aromatic heterocycles. The van der Waals surface area contributed by atoms with Gasteiger partial charge in [0, 0.05) is 13.1 Å². The van der Waals surface area contributed by atoms with Crippen LogP contribution in [0.4, 0.5) is 4.79 Å². The zero-order chi connectivity index (χ0) is 9.97. The second kappa shape index (κ2) is 4.20. The van der Waals surface area contributed by atoms with Gasteiger partial charge in [-0.15, -0.1) is 0 Å². The van der Waals surface area contributed by atoms with Gasteiger partial charge in [-0.3, -0.25) is 0 Å². The van der Waals surface area contributed by atoms with E-state index in [2.05, 4.69) is 6.92 Å². The van der Waals surface area contributed by atoms with Crippen LogP contribution < -0.4 is 0 Å². The number of carbonyl (C=O) groups is 1. The van der Waals surface area contributed by atoms with Crippen LogP contribution in [0.2, 0.25) is 0 Å². The lowest BCUT2D eigenvalue weighted by Gasteiger charge is -2.29. The van der Waals surface area contributed by atoms with Crippen molar-refractivity contribution < 1.29 is 9.53 Å². The second-order valence-corrected chi connectivity index (χ2v) is 4.69. The first-order valence-corrected chi connectivity index (χ1v) is 5.67. The summed E-state index contributed by atoms with van der Waals surface area (Å²) in [7, 11) is 0. The fourth-order valence-electron chi connectivity index (χ4n) is 1.76. The number of ether oxygens (including phenoxy) is 1. The van der Waals surface area contributed by atoms with Crippen LogP contribution in [0.1, 0.15) is 32.6 Å². The molecule has 14 heavy (non-hydrogen) atoms. The monoisotopic (exact) mass is 197 g/mol. The highest BCUT2D eigenvalue weighted by Crippen LogP contribution is 2.29. The molecule has 2 aliphatic rings. The highest BCUT2D eigenvalue weighted by atomic mass is 16.6. The standard InChI is InChI=1S/C11H19NO2/c1-9-4-6-12(7-5-9)11(13)14-8-10-2-3-10/h9-10H,2-8H2,1H3. The summed E-state index contributed by atoms with van der Waals surface area (Å²) < 4.78 is 5.23. The third kappa shape index (κ3) is 2.63. The van der Waals surface area contributed by atoms with Crippen molar-refractivity contribution in [2.24, 2.45) is 11.8 Å². The fraction of sp³-hybridized carbons (Fsp3) is 0.909. The van der Waals surface area contributed by atoms with E-state index in [0.717, 1.165) is 31.8 Å². The number of carbonyl (C=O) groups excluding carboxylic acids is 1. The predicted molar refractivity (Wildman–Crippen MR) is 54.0 cm³/mol. The van der Waals surface area contributed by atoms with E-state index in [4.69, 9.17) is 4.74 Å². The molecule has 0 atom stereocenters. The van der Waals surface area contributed by atoms with Gasteiger partial charge < -0.3 is 9.64 Å². The average molecular weight is 197 g/mol. The highest BCUT2D eigenvalue weighted by molar-refractivity contribution is 5.67. The molecule has 1 amide bonds. The summed E-state index contributed by atoms with van der Waals surface area (Å²) in [6.45, 7) is 4.65. The third-order valence-electron chi connectivity index (χ3n) is 3.18. The Hall–Kier alpha value is -0.730. The minimum atomic E-state index is -0.0937. The van der Waals surface area contributed by atoms with E-state index in [1.54, 1.807) is 0 Å². The molecule has 3 nitrogen and oxygen atoms in total. The lowest BCUT2D eigenvalue weighted by molar-refractivity contribution is 0.0856. The van der Waals surface area contributed by atoms with Crippen LogP contribution in [0.25, 0.3) is 0 Å². The maximum atomic E-state index is 11.5. The summed E-state index contributed by atoms with van der Waals surface area (Å²) in [5.74, 6) is 1.44. The lowest BCUT2D eigenvalue weighted by Crippen LogP contribution is -2.38. The Bertz CT molecular complexity index is 205. The summed E-state index contributed by atoms with van der Waals surface area (Å²) in [5.41, 5.74) is 0. The number of nitrogens with zero attached hydrogens (tertiary/aromatic N) is 1. The van der Waals surface area contributed by atoms with Crippen molar-refractivity contribution in [3.05, 3.63) is 0 Å². The molecule has 0 bridgehead atoms. The molecule has 0 unspecified atom stereocenters. The molecular weight excluding hydrogens is 178 g/mol. The van der Waals surface area contributed by atoms with Crippen LogP contribution in [-0.2, 0) is 4.74 Å². The van der Waals surface area contributed by atoms with Gasteiger partial charge in [-0.05, 0) is 37.5 Å². The summed E-state index contributed by atoms with van der Waals surface area (Å²) in [6, 6.07) is 0. The quantitative estimate of drug-likeness (QED) is 0.679. The van der Waals surface area contributed by atoms with Crippen LogP contribution in [0.3, 0.4) is 0 Å². The molecule has 1 heterocycles. The normalized spacial score (nSPS) is 23.6. The van der Waals surface area contributed by atoms with Crippen molar-refractivity contribution in [2.45, 2.75) is 32.6 Å². The molecule has 1 saturated heterocycles. The lowest BCUT2D eigenvalue weighted by atomic mass is 10.00. The molecule has 1 saturated carbocycles. The Labute approximate surface area is 85.4 Å².